The molecule has 2 aromatic rings. The van der Waals surface area contributed by atoms with E-state index in [1.165, 1.54) is 25.6 Å². The van der Waals surface area contributed by atoms with Crippen LogP contribution in [0.2, 0.25) is 0 Å². The van der Waals surface area contributed by atoms with Crippen molar-refractivity contribution in [2.75, 3.05) is 12.4 Å². The van der Waals surface area contributed by atoms with Crippen molar-refractivity contribution in [3.8, 4) is 5.88 Å². The van der Waals surface area contributed by atoms with Crippen molar-refractivity contribution < 1.29 is 13.2 Å². The van der Waals surface area contributed by atoms with Crippen molar-refractivity contribution in [1.82, 2.24) is 15.0 Å². The smallest absolute Gasteiger partial charge is 0.255 e. The van der Waals surface area contributed by atoms with E-state index in [2.05, 4.69) is 20.3 Å². The summed E-state index contributed by atoms with van der Waals surface area (Å²) in [5.74, 6) is 0.942. The number of sulfonamides is 1. The third kappa shape index (κ3) is 3.62. The van der Waals surface area contributed by atoms with Crippen molar-refractivity contribution in [1.29, 1.82) is 0 Å². The summed E-state index contributed by atoms with van der Waals surface area (Å²) in [5, 5.41) is 7.82. The predicted molar refractivity (Wildman–Crippen MR) is 71.5 cm³/mol. The Labute approximate surface area is 116 Å². The number of nitrogens with one attached hydrogen (secondary N) is 1. The average molecular weight is 295 g/mol. The number of anilines is 1. The van der Waals surface area contributed by atoms with Gasteiger partial charge in [0.05, 0.1) is 19.5 Å². The van der Waals surface area contributed by atoms with Crippen LogP contribution in [0.15, 0.2) is 35.7 Å². The maximum atomic E-state index is 11.1. The molecule has 0 bridgehead atoms. The molecule has 0 aliphatic heterocycles. The number of methoxy groups -OCH3 is 1. The second-order valence-electron chi connectivity index (χ2n) is 3.85. The van der Waals surface area contributed by atoms with Gasteiger partial charge in [0.15, 0.2) is 5.03 Å². The molecule has 0 spiro atoms. The fourth-order valence-electron chi connectivity index (χ4n) is 1.41. The first-order valence-corrected chi connectivity index (χ1v) is 7.11. The van der Waals surface area contributed by atoms with Crippen LogP contribution in [0, 0.1) is 0 Å². The van der Waals surface area contributed by atoms with E-state index >= 15 is 0 Å². The van der Waals surface area contributed by atoms with Gasteiger partial charge in [-0.1, -0.05) is 6.07 Å². The number of ether oxygens (including phenoxy) is 1. The second-order valence-corrected chi connectivity index (χ2v) is 5.36. The highest BCUT2D eigenvalue weighted by Crippen LogP contribution is 2.10. The van der Waals surface area contributed by atoms with Crippen LogP contribution in [0.3, 0.4) is 0 Å². The molecule has 0 aromatic carbocycles. The van der Waals surface area contributed by atoms with E-state index in [9.17, 15) is 8.42 Å². The first kappa shape index (κ1) is 14.2. The number of nitrogens with two attached hydrogens (primary N) is 1. The van der Waals surface area contributed by atoms with Crippen LogP contribution in [-0.4, -0.2) is 30.5 Å². The maximum absolute atomic E-state index is 11.1. The fraction of sp³-hybridized carbons (Fsp3) is 0.182. The summed E-state index contributed by atoms with van der Waals surface area (Å²) < 4.78 is 27.1. The minimum atomic E-state index is -3.77. The Morgan fingerprint density at radius 2 is 2.10 bits per heavy atom. The van der Waals surface area contributed by atoms with Gasteiger partial charge in [-0.3, -0.25) is 4.98 Å². The Bertz CT molecular complexity index is 687. The molecule has 2 rings (SSSR count). The Morgan fingerprint density at radius 1 is 1.30 bits per heavy atom. The summed E-state index contributed by atoms with van der Waals surface area (Å²) in [7, 11) is -2.26. The summed E-state index contributed by atoms with van der Waals surface area (Å²) in [6.07, 6.45) is 4.47. The molecule has 0 radical (unpaired) electrons. The van der Waals surface area contributed by atoms with Crippen molar-refractivity contribution in [2.45, 2.75) is 11.6 Å². The standard InChI is InChI=1S/C11H13N5O3S/c1-19-10-7-13-6-9(16-10)14-4-8-2-3-11(15-5-8)20(12,17)18/h2-3,5-7H,4H2,1H3,(H,14,16)(H2,12,17,18). The van der Waals surface area contributed by atoms with E-state index in [-0.39, 0.29) is 5.03 Å². The number of hydrogen-bond acceptors (Lipinski definition) is 7. The molecule has 0 fully saturated rings. The summed E-state index contributed by atoms with van der Waals surface area (Å²) in [6.45, 7) is 0.416. The van der Waals surface area contributed by atoms with Gasteiger partial charge >= 0.3 is 0 Å². The van der Waals surface area contributed by atoms with Crippen LogP contribution < -0.4 is 15.2 Å². The molecule has 0 amide bonds. The van der Waals surface area contributed by atoms with Gasteiger partial charge in [0.2, 0.25) is 5.88 Å². The number of hydrogen-bond donors (Lipinski definition) is 2. The normalized spacial score (nSPS) is 11.1. The van der Waals surface area contributed by atoms with Gasteiger partial charge in [0.25, 0.3) is 10.0 Å². The van der Waals surface area contributed by atoms with Crippen LogP contribution in [0.4, 0.5) is 5.82 Å². The highest BCUT2D eigenvalue weighted by atomic mass is 32.2. The Hall–Kier alpha value is -2.26. The second kappa shape index (κ2) is 5.80. The van der Waals surface area contributed by atoms with Gasteiger partial charge in [-0.05, 0) is 11.6 Å². The van der Waals surface area contributed by atoms with E-state index in [0.717, 1.165) is 5.56 Å². The molecule has 106 valence electrons. The van der Waals surface area contributed by atoms with E-state index in [1.54, 1.807) is 12.3 Å². The number of nitrogens with zero attached hydrogens (tertiary/aromatic N) is 3. The minimum absolute atomic E-state index is 0.164. The predicted octanol–water partition coefficient (Wildman–Crippen LogP) is 0.140. The lowest BCUT2D eigenvalue weighted by molar-refractivity contribution is 0.396. The molecule has 0 saturated heterocycles. The quantitative estimate of drug-likeness (QED) is 0.804. The Kier molecular flexibility index (Phi) is 4.11. The van der Waals surface area contributed by atoms with Gasteiger partial charge in [-0.15, -0.1) is 0 Å². The molecule has 2 heterocycles. The number of rotatable bonds is 5. The van der Waals surface area contributed by atoms with Gasteiger partial charge < -0.3 is 10.1 Å². The molecule has 9 heteroatoms. The van der Waals surface area contributed by atoms with Crippen LogP contribution in [0.1, 0.15) is 5.56 Å². The van der Waals surface area contributed by atoms with Crippen LogP contribution in [0.25, 0.3) is 0 Å². The topological polar surface area (TPSA) is 120 Å². The molecular formula is C11H13N5O3S. The maximum Gasteiger partial charge on any atom is 0.255 e. The molecule has 2 aromatic heterocycles. The average Bonchev–Trinajstić information content (AvgIpc) is 2.45. The minimum Gasteiger partial charge on any atom is -0.480 e. The molecule has 20 heavy (non-hydrogen) atoms. The lowest BCUT2D eigenvalue weighted by Crippen LogP contribution is -2.14. The van der Waals surface area contributed by atoms with E-state index in [0.29, 0.717) is 18.2 Å². The Balaban J connectivity index is 2.04. The van der Waals surface area contributed by atoms with E-state index < -0.39 is 10.0 Å². The first-order valence-electron chi connectivity index (χ1n) is 5.56. The number of primary sulfonamides is 1. The van der Waals surface area contributed by atoms with Gasteiger partial charge in [0.1, 0.15) is 5.82 Å². The highest BCUT2D eigenvalue weighted by Gasteiger charge is 2.08. The van der Waals surface area contributed by atoms with Gasteiger partial charge in [-0.2, -0.15) is 4.98 Å². The van der Waals surface area contributed by atoms with Crippen molar-refractivity contribution in [2.24, 2.45) is 5.14 Å². The zero-order valence-electron chi connectivity index (χ0n) is 10.6. The Morgan fingerprint density at radius 3 is 2.70 bits per heavy atom. The van der Waals surface area contributed by atoms with E-state index in [1.807, 2.05) is 0 Å². The van der Waals surface area contributed by atoms with E-state index in [4.69, 9.17) is 9.88 Å². The van der Waals surface area contributed by atoms with Crippen molar-refractivity contribution in [3.05, 3.63) is 36.3 Å². The van der Waals surface area contributed by atoms with Crippen molar-refractivity contribution >= 4 is 15.8 Å². The van der Waals surface area contributed by atoms with Crippen LogP contribution in [-0.2, 0) is 16.6 Å². The molecule has 3 N–H and O–H groups in total. The summed E-state index contributed by atoms with van der Waals surface area (Å²) in [5.41, 5.74) is 0.780. The van der Waals surface area contributed by atoms with Crippen LogP contribution >= 0.6 is 0 Å². The van der Waals surface area contributed by atoms with Crippen LogP contribution in [0.5, 0.6) is 5.88 Å². The van der Waals surface area contributed by atoms with Gasteiger partial charge in [-0.25, -0.2) is 18.5 Å². The zero-order chi connectivity index (χ0) is 14.6. The van der Waals surface area contributed by atoms with Gasteiger partial charge in [0, 0.05) is 12.7 Å². The summed E-state index contributed by atoms with van der Waals surface area (Å²) >= 11 is 0. The molecule has 0 saturated carbocycles. The summed E-state index contributed by atoms with van der Waals surface area (Å²) in [6, 6.07) is 2.97. The SMILES string of the molecule is COc1cncc(NCc2ccc(S(N)(=O)=O)nc2)n1. The monoisotopic (exact) mass is 295 g/mol. The largest absolute Gasteiger partial charge is 0.480 e. The number of pyridine rings is 1. The summed E-state index contributed by atoms with van der Waals surface area (Å²) in [4.78, 5) is 11.9. The molecular weight excluding hydrogens is 282 g/mol. The molecule has 0 aliphatic carbocycles. The fourth-order valence-corrected chi connectivity index (χ4v) is 1.87. The third-order valence-corrected chi connectivity index (χ3v) is 3.21. The number of aromatic nitrogens is 3. The molecule has 0 aliphatic rings. The molecule has 0 atom stereocenters. The lowest BCUT2D eigenvalue weighted by atomic mass is 10.3. The van der Waals surface area contributed by atoms with Crippen molar-refractivity contribution in [3.63, 3.8) is 0 Å². The third-order valence-electron chi connectivity index (χ3n) is 2.38. The molecule has 0 unspecified atom stereocenters. The zero-order valence-corrected chi connectivity index (χ0v) is 11.5. The first-order chi connectivity index (χ1) is 9.49. The molecule has 8 nitrogen and oxygen atoms in total. The lowest BCUT2D eigenvalue weighted by Gasteiger charge is -2.06. The highest BCUT2D eigenvalue weighted by molar-refractivity contribution is 7.89.